The zero-order valence-corrected chi connectivity index (χ0v) is 16.8. The molecule has 146 valence electrons. The second-order valence-corrected chi connectivity index (χ2v) is 8.89. The van der Waals surface area contributed by atoms with Crippen LogP contribution >= 0.6 is 35.0 Å². The van der Waals surface area contributed by atoms with E-state index in [4.69, 9.17) is 33.0 Å². The van der Waals surface area contributed by atoms with Crippen molar-refractivity contribution in [3.05, 3.63) is 46.4 Å². The molecule has 0 saturated carbocycles. The van der Waals surface area contributed by atoms with E-state index in [1.807, 2.05) is 0 Å². The van der Waals surface area contributed by atoms with E-state index in [-0.39, 0.29) is 27.2 Å². The number of carboxylic acid groups (broad SMARTS) is 1. The average molecular weight is 452 g/mol. The van der Waals surface area contributed by atoms with Gasteiger partial charge in [-0.3, -0.25) is 0 Å². The Morgan fingerprint density at radius 1 is 1.15 bits per heavy atom. The smallest absolute Gasteiger partial charge is 0.341 e. The maximum atomic E-state index is 12.2. The first-order chi connectivity index (χ1) is 12.7. The Kier molecular flexibility index (Phi) is 7.63. The third kappa shape index (κ3) is 6.47. The van der Waals surface area contributed by atoms with Gasteiger partial charge < -0.3 is 14.9 Å². The van der Waals surface area contributed by atoms with Gasteiger partial charge in [0, 0.05) is 17.2 Å². The van der Waals surface area contributed by atoms with Gasteiger partial charge in [0.2, 0.25) is 10.0 Å². The molecule has 7 nitrogen and oxygen atoms in total. The highest BCUT2D eigenvalue weighted by Crippen LogP contribution is 2.34. The molecule has 2 aromatic carbocycles. The molecule has 27 heavy (non-hydrogen) atoms. The molecular weight excluding hydrogens is 437 g/mol. The summed E-state index contributed by atoms with van der Waals surface area (Å²) >= 11 is 12.9. The number of nitrogens with one attached hydrogen (secondary N) is 1. The first-order valence-corrected chi connectivity index (χ1v) is 10.7. The van der Waals surface area contributed by atoms with E-state index in [2.05, 4.69) is 4.72 Å². The van der Waals surface area contributed by atoms with Gasteiger partial charge >= 0.3 is 5.97 Å². The van der Waals surface area contributed by atoms with Crippen molar-refractivity contribution in [1.29, 1.82) is 0 Å². The Hall–Kier alpha value is -1.65. The van der Waals surface area contributed by atoms with E-state index in [0.717, 1.165) is 17.0 Å². The quantitative estimate of drug-likeness (QED) is 0.396. The van der Waals surface area contributed by atoms with Crippen LogP contribution in [-0.2, 0) is 14.8 Å². The standard InChI is InChI=1S/C16H15Cl2NO6S2/c17-13-7-12(8-14(18)16(13)22)27(23,24)19-5-6-26-11-3-1-10(2-4-11)25-9-15(20)21/h1-4,7-8,19,22H,5-6,9H2,(H,20,21). The number of rotatable bonds is 9. The highest BCUT2D eigenvalue weighted by molar-refractivity contribution is 7.99. The second-order valence-electron chi connectivity index (χ2n) is 5.14. The van der Waals surface area contributed by atoms with Crippen molar-refractivity contribution in [3.63, 3.8) is 0 Å². The molecule has 0 aliphatic carbocycles. The average Bonchev–Trinajstić information content (AvgIpc) is 2.62. The molecule has 0 radical (unpaired) electrons. The van der Waals surface area contributed by atoms with Crippen LogP contribution < -0.4 is 9.46 Å². The third-order valence-electron chi connectivity index (χ3n) is 3.15. The molecule has 0 heterocycles. The van der Waals surface area contributed by atoms with Crippen LogP contribution in [0.4, 0.5) is 0 Å². The van der Waals surface area contributed by atoms with Crippen molar-refractivity contribution < 1.29 is 28.2 Å². The first-order valence-electron chi connectivity index (χ1n) is 7.44. The zero-order chi connectivity index (χ0) is 20.0. The number of hydrogen-bond donors (Lipinski definition) is 3. The Bertz CT molecular complexity index is 896. The summed E-state index contributed by atoms with van der Waals surface area (Å²) in [4.78, 5) is 11.2. The summed E-state index contributed by atoms with van der Waals surface area (Å²) in [7, 11) is -3.82. The predicted octanol–water partition coefficient (Wildman–Crippen LogP) is 3.23. The summed E-state index contributed by atoms with van der Waals surface area (Å²) in [6, 6.07) is 9.00. The summed E-state index contributed by atoms with van der Waals surface area (Å²) in [5.74, 6) is -0.544. The fourth-order valence-corrected chi connectivity index (χ4v) is 4.50. The van der Waals surface area contributed by atoms with E-state index in [1.54, 1.807) is 24.3 Å². The van der Waals surface area contributed by atoms with E-state index in [9.17, 15) is 18.3 Å². The zero-order valence-electron chi connectivity index (χ0n) is 13.7. The van der Waals surface area contributed by atoms with Gasteiger partial charge in [-0.15, -0.1) is 11.8 Å². The van der Waals surface area contributed by atoms with Crippen molar-refractivity contribution in [2.45, 2.75) is 9.79 Å². The van der Waals surface area contributed by atoms with E-state index in [1.165, 1.54) is 11.8 Å². The number of ether oxygens (including phenoxy) is 1. The highest BCUT2D eigenvalue weighted by Gasteiger charge is 2.17. The molecule has 0 atom stereocenters. The van der Waals surface area contributed by atoms with Crippen LogP contribution in [0.5, 0.6) is 11.5 Å². The minimum Gasteiger partial charge on any atom is -0.505 e. The number of halogens is 2. The van der Waals surface area contributed by atoms with Gasteiger partial charge in [0.15, 0.2) is 12.4 Å². The molecule has 0 fully saturated rings. The minimum atomic E-state index is -3.82. The number of carboxylic acids is 1. The Balaban J connectivity index is 1.86. The second kappa shape index (κ2) is 9.52. The van der Waals surface area contributed by atoms with Crippen LogP contribution in [0.3, 0.4) is 0 Å². The first kappa shape index (κ1) is 21.6. The van der Waals surface area contributed by atoms with Crippen molar-refractivity contribution in [1.82, 2.24) is 4.72 Å². The molecule has 0 spiro atoms. The number of thioether (sulfide) groups is 1. The van der Waals surface area contributed by atoms with Crippen LogP contribution in [0.25, 0.3) is 0 Å². The molecule has 0 amide bonds. The van der Waals surface area contributed by atoms with Crippen LogP contribution in [0.2, 0.25) is 10.0 Å². The molecule has 0 aromatic heterocycles. The maximum absolute atomic E-state index is 12.2. The van der Waals surface area contributed by atoms with Gasteiger partial charge in [0.25, 0.3) is 0 Å². The fourth-order valence-electron chi connectivity index (χ4n) is 1.90. The summed E-state index contributed by atoms with van der Waals surface area (Å²) in [6.45, 7) is -0.264. The van der Waals surface area contributed by atoms with Gasteiger partial charge in [0.05, 0.1) is 14.9 Å². The summed E-state index contributed by atoms with van der Waals surface area (Å²) < 4.78 is 31.9. The molecule has 0 unspecified atom stereocenters. The number of carbonyl (C=O) groups is 1. The van der Waals surface area contributed by atoms with Gasteiger partial charge in [-0.25, -0.2) is 17.9 Å². The van der Waals surface area contributed by atoms with Crippen molar-refractivity contribution >= 4 is 51.0 Å². The lowest BCUT2D eigenvalue weighted by Crippen LogP contribution is -2.26. The predicted molar refractivity (Wildman–Crippen MR) is 104 cm³/mol. The molecule has 3 N–H and O–H groups in total. The SMILES string of the molecule is O=C(O)COc1ccc(SCCNS(=O)(=O)c2cc(Cl)c(O)c(Cl)c2)cc1. The molecule has 0 bridgehead atoms. The number of benzene rings is 2. The highest BCUT2D eigenvalue weighted by atomic mass is 35.5. The van der Waals surface area contributed by atoms with Gasteiger partial charge in [-0.05, 0) is 36.4 Å². The number of aromatic hydroxyl groups is 1. The third-order valence-corrected chi connectivity index (χ3v) is 6.18. The molecule has 0 aliphatic rings. The maximum Gasteiger partial charge on any atom is 0.341 e. The number of sulfonamides is 1. The van der Waals surface area contributed by atoms with E-state index in [0.29, 0.717) is 11.5 Å². The lowest BCUT2D eigenvalue weighted by atomic mass is 10.3. The van der Waals surface area contributed by atoms with Crippen LogP contribution in [0, 0.1) is 0 Å². The van der Waals surface area contributed by atoms with Gasteiger partial charge in [-0.1, -0.05) is 23.2 Å². The molecule has 0 saturated heterocycles. The Morgan fingerprint density at radius 2 is 1.74 bits per heavy atom. The number of phenolic OH excluding ortho intramolecular Hbond substituents is 1. The van der Waals surface area contributed by atoms with Crippen molar-refractivity contribution in [3.8, 4) is 11.5 Å². The van der Waals surface area contributed by atoms with Crippen LogP contribution in [0.1, 0.15) is 0 Å². The largest absolute Gasteiger partial charge is 0.505 e. The molecular formula is C16H15Cl2NO6S2. The minimum absolute atomic E-state index is 0.139. The van der Waals surface area contributed by atoms with Crippen LogP contribution in [-0.4, -0.2) is 43.5 Å². The summed E-state index contributed by atoms with van der Waals surface area (Å²) in [6.07, 6.45) is 0. The summed E-state index contributed by atoms with van der Waals surface area (Å²) in [5.41, 5.74) is 0. The number of hydrogen-bond acceptors (Lipinski definition) is 6. The van der Waals surface area contributed by atoms with Crippen molar-refractivity contribution in [2.24, 2.45) is 0 Å². The van der Waals surface area contributed by atoms with Crippen LogP contribution in [0.15, 0.2) is 46.2 Å². The lowest BCUT2D eigenvalue weighted by molar-refractivity contribution is -0.139. The molecule has 11 heteroatoms. The monoisotopic (exact) mass is 451 g/mol. The molecule has 2 aromatic rings. The van der Waals surface area contributed by atoms with E-state index >= 15 is 0 Å². The normalized spacial score (nSPS) is 11.3. The molecule has 2 rings (SSSR count). The Morgan fingerprint density at radius 3 is 2.30 bits per heavy atom. The lowest BCUT2D eigenvalue weighted by Gasteiger charge is -2.09. The number of phenols is 1. The van der Waals surface area contributed by atoms with E-state index < -0.39 is 22.6 Å². The topological polar surface area (TPSA) is 113 Å². The molecule has 0 aliphatic heterocycles. The van der Waals surface area contributed by atoms with Crippen molar-refractivity contribution in [2.75, 3.05) is 18.9 Å². The summed E-state index contributed by atoms with van der Waals surface area (Å²) in [5, 5.41) is 17.7. The van der Waals surface area contributed by atoms with Gasteiger partial charge in [0.1, 0.15) is 5.75 Å². The number of aliphatic carboxylic acids is 1. The fraction of sp³-hybridized carbons (Fsp3) is 0.188. The Labute approximate surface area is 170 Å². The van der Waals surface area contributed by atoms with Gasteiger partial charge in [-0.2, -0.15) is 0 Å².